The maximum Gasteiger partial charge on any atom is 0.261 e. The zero-order chi connectivity index (χ0) is 24.7. The smallest absolute Gasteiger partial charge is 0.261 e. The van der Waals surface area contributed by atoms with E-state index in [1.807, 2.05) is 0 Å². The Hall–Kier alpha value is -2.94. The van der Waals surface area contributed by atoms with Gasteiger partial charge in [0.15, 0.2) is 5.65 Å². The van der Waals surface area contributed by atoms with E-state index >= 15 is 0 Å². The molecule has 7 rings (SSSR count). The summed E-state index contributed by atoms with van der Waals surface area (Å²) in [5.74, 6) is 0.0269. The number of rotatable bonds is 4. The predicted octanol–water partition coefficient (Wildman–Crippen LogP) is 3.73. The van der Waals surface area contributed by atoms with E-state index in [0.29, 0.717) is 54.9 Å². The highest BCUT2D eigenvalue weighted by molar-refractivity contribution is 5.54. The largest absolute Gasteiger partial charge is 0.373 e. The molecule has 3 aromatic rings. The molecule has 0 spiro atoms. The Kier molecular flexibility index (Phi) is 4.84. The maximum absolute atomic E-state index is 13.6. The lowest BCUT2D eigenvalue weighted by atomic mass is 9.34. The fourth-order valence-corrected chi connectivity index (χ4v) is 6.36. The van der Waals surface area contributed by atoms with Crippen molar-refractivity contribution < 1.29 is 13.5 Å². The van der Waals surface area contributed by atoms with Crippen molar-refractivity contribution in [3.05, 3.63) is 73.4 Å². The average Bonchev–Trinajstić information content (AvgIpc) is 2.78. The van der Waals surface area contributed by atoms with Crippen molar-refractivity contribution in [2.24, 2.45) is 12.5 Å². The third kappa shape index (κ3) is 3.23. The Balaban J connectivity index is 1.42. The molecule has 0 amide bonds. The van der Waals surface area contributed by atoms with E-state index in [1.54, 1.807) is 43.8 Å². The van der Waals surface area contributed by atoms with Gasteiger partial charge in [-0.2, -0.15) is 0 Å². The lowest BCUT2D eigenvalue weighted by Crippen LogP contribution is -2.68. The molecular weight excluding hydrogens is 454 g/mol. The van der Waals surface area contributed by atoms with E-state index in [9.17, 15) is 18.4 Å². The Bertz CT molecular complexity index is 1460. The van der Waals surface area contributed by atoms with Crippen LogP contribution in [-0.4, -0.2) is 32.0 Å². The van der Waals surface area contributed by atoms with E-state index in [-0.39, 0.29) is 23.1 Å². The minimum absolute atomic E-state index is 0.0269. The first kappa shape index (κ1) is 22.5. The molecule has 0 aromatic carbocycles. The van der Waals surface area contributed by atoms with Crippen molar-refractivity contribution >= 4 is 5.65 Å². The quantitative estimate of drug-likeness (QED) is 0.566. The summed E-state index contributed by atoms with van der Waals surface area (Å²) >= 11 is 0. The summed E-state index contributed by atoms with van der Waals surface area (Å²) in [6.45, 7) is 4.08. The van der Waals surface area contributed by atoms with Crippen LogP contribution in [0.15, 0.2) is 34.1 Å². The van der Waals surface area contributed by atoms with Gasteiger partial charge in [0, 0.05) is 60.1 Å². The SMILES string of the molecule is Cc1nc2c(C34CC(C(F)F)(C3)C4)nc([C@H]3CCO[C@@H](c4ccc(=O)n(C)c4)C3)cn2c(=O)c1C. The number of aromatic nitrogens is 4. The number of nitrogens with zero attached hydrogens (tertiary/aromatic N) is 4. The van der Waals surface area contributed by atoms with E-state index < -0.39 is 17.3 Å². The van der Waals surface area contributed by atoms with Gasteiger partial charge in [0.25, 0.3) is 5.56 Å². The van der Waals surface area contributed by atoms with Gasteiger partial charge in [-0.3, -0.25) is 19.0 Å². The van der Waals surface area contributed by atoms with E-state index in [4.69, 9.17) is 14.7 Å². The highest BCUT2D eigenvalue weighted by Gasteiger charge is 2.73. The molecule has 1 aliphatic heterocycles. The minimum atomic E-state index is -2.34. The van der Waals surface area contributed by atoms with Gasteiger partial charge in [-0.1, -0.05) is 0 Å². The summed E-state index contributed by atoms with van der Waals surface area (Å²) in [4.78, 5) is 34.8. The third-order valence-corrected chi connectivity index (χ3v) is 8.52. The molecule has 4 heterocycles. The molecule has 2 atom stereocenters. The van der Waals surface area contributed by atoms with Gasteiger partial charge in [-0.15, -0.1) is 0 Å². The topological polar surface area (TPSA) is 78.5 Å². The molecule has 1 saturated heterocycles. The van der Waals surface area contributed by atoms with E-state index in [2.05, 4.69) is 0 Å². The highest BCUT2D eigenvalue weighted by atomic mass is 19.3. The zero-order valence-electron chi connectivity index (χ0n) is 20.1. The van der Waals surface area contributed by atoms with Gasteiger partial charge < -0.3 is 9.30 Å². The van der Waals surface area contributed by atoms with Crippen LogP contribution in [0.2, 0.25) is 0 Å². The van der Waals surface area contributed by atoms with Crippen LogP contribution in [0.4, 0.5) is 8.78 Å². The molecule has 0 radical (unpaired) electrons. The van der Waals surface area contributed by atoms with Crippen LogP contribution in [0.1, 0.15) is 72.3 Å². The molecule has 0 unspecified atom stereocenters. The van der Waals surface area contributed by atoms with Gasteiger partial charge >= 0.3 is 0 Å². The van der Waals surface area contributed by atoms with Crippen molar-refractivity contribution in [2.75, 3.05) is 6.61 Å². The van der Waals surface area contributed by atoms with Crippen molar-refractivity contribution in [2.45, 2.75) is 69.8 Å². The fourth-order valence-electron chi connectivity index (χ4n) is 6.36. The van der Waals surface area contributed by atoms with Gasteiger partial charge in [0.2, 0.25) is 12.0 Å². The fraction of sp³-hybridized carbons (Fsp3) is 0.538. The van der Waals surface area contributed by atoms with Crippen molar-refractivity contribution in [3.63, 3.8) is 0 Å². The minimum Gasteiger partial charge on any atom is -0.373 e. The van der Waals surface area contributed by atoms with E-state index in [0.717, 1.165) is 17.7 Å². The van der Waals surface area contributed by atoms with Crippen LogP contribution in [0, 0.1) is 19.3 Å². The number of hydrogen-bond acceptors (Lipinski definition) is 5. The van der Waals surface area contributed by atoms with Crippen molar-refractivity contribution in [1.82, 2.24) is 18.9 Å². The lowest BCUT2D eigenvalue weighted by Gasteiger charge is -2.69. The standard InChI is InChI=1S/C26H28F2N4O3/c1-14-15(2)29-22-21(25-11-26(12-25,13-25)24(27)28)30-18(10-32(22)23(14)34)16-6-7-35-19(8-16)17-4-5-20(33)31(3)9-17/h4-5,9-10,16,19,24H,6-8,11-13H2,1-3H3/t16-,19+,25?,26?/m0/s1. The Morgan fingerprint density at radius 1 is 1.11 bits per heavy atom. The molecule has 3 saturated carbocycles. The van der Waals surface area contributed by atoms with Crippen molar-refractivity contribution in [1.29, 1.82) is 0 Å². The number of alkyl halides is 2. The Labute approximate surface area is 200 Å². The first-order chi connectivity index (χ1) is 16.6. The summed E-state index contributed by atoms with van der Waals surface area (Å²) in [5.41, 5.74) is 2.52. The molecular formula is C26H28F2N4O3. The molecule has 4 aliphatic rings. The van der Waals surface area contributed by atoms with Crippen LogP contribution in [-0.2, 0) is 17.2 Å². The van der Waals surface area contributed by atoms with Gasteiger partial charge in [-0.05, 0) is 57.6 Å². The monoisotopic (exact) mass is 482 g/mol. The third-order valence-electron chi connectivity index (χ3n) is 8.52. The van der Waals surface area contributed by atoms with Gasteiger partial charge in [0.05, 0.1) is 17.5 Å². The number of aryl methyl sites for hydroxylation is 2. The Morgan fingerprint density at radius 3 is 2.54 bits per heavy atom. The molecule has 184 valence electrons. The predicted molar refractivity (Wildman–Crippen MR) is 125 cm³/mol. The number of halogens is 2. The molecule has 9 heteroatoms. The number of hydrogen-bond donors (Lipinski definition) is 0. The van der Waals surface area contributed by atoms with Crippen LogP contribution in [0.25, 0.3) is 5.65 Å². The molecule has 2 bridgehead atoms. The van der Waals surface area contributed by atoms with Gasteiger partial charge in [-0.25, -0.2) is 13.8 Å². The summed E-state index contributed by atoms with van der Waals surface area (Å²) in [7, 11) is 1.71. The molecule has 0 N–H and O–H groups in total. The van der Waals surface area contributed by atoms with Crippen LogP contribution < -0.4 is 11.1 Å². The summed E-state index contributed by atoms with van der Waals surface area (Å²) in [6.07, 6.45) is 3.59. The summed E-state index contributed by atoms with van der Waals surface area (Å²) in [6, 6.07) is 3.33. The average molecular weight is 483 g/mol. The van der Waals surface area contributed by atoms with E-state index in [1.165, 1.54) is 10.6 Å². The van der Waals surface area contributed by atoms with Crippen molar-refractivity contribution in [3.8, 4) is 0 Å². The second-order valence-corrected chi connectivity index (χ2v) is 10.8. The molecule has 7 nitrogen and oxygen atoms in total. The zero-order valence-corrected chi connectivity index (χ0v) is 20.1. The second kappa shape index (κ2) is 7.53. The molecule has 3 aliphatic carbocycles. The number of fused-ring (bicyclic) bond motifs is 1. The molecule has 35 heavy (non-hydrogen) atoms. The normalized spacial score (nSPS) is 29.8. The first-order valence-corrected chi connectivity index (χ1v) is 12.1. The number of pyridine rings is 1. The Morgan fingerprint density at radius 2 is 1.86 bits per heavy atom. The van der Waals surface area contributed by atoms with Crippen LogP contribution in [0.3, 0.4) is 0 Å². The van der Waals surface area contributed by atoms with Gasteiger partial charge in [0.1, 0.15) is 0 Å². The van der Waals surface area contributed by atoms with Crippen LogP contribution >= 0.6 is 0 Å². The maximum atomic E-state index is 13.6. The summed E-state index contributed by atoms with van der Waals surface area (Å²) in [5, 5.41) is 0. The lowest BCUT2D eigenvalue weighted by molar-refractivity contribution is -0.222. The molecule has 4 fully saturated rings. The first-order valence-electron chi connectivity index (χ1n) is 12.1. The number of ether oxygens (including phenoxy) is 1. The summed E-state index contributed by atoms with van der Waals surface area (Å²) < 4.78 is 36.3. The van der Waals surface area contributed by atoms with Crippen LogP contribution in [0.5, 0.6) is 0 Å². The molecule has 3 aromatic heterocycles. The second-order valence-electron chi connectivity index (χ2n) is 10.8. The highest BCUT2D eigenvalue weighted by Crippen LogP contribution is 2.75.